The monoisotopic (exact) mass is 231 g/mol. The van der Waals surface area contributed by atoms with E-state index in [1.54, 1.807) is 0 Å². The van der Waals surface area contributed by atoms with Crippen LogP contribution in [-0.2, 0) is 0 Å². The minimum Gasteiger partial charge on any atom is -0.506 e. The van der Waals surface area contributed by atoms with Gasteiger partial charge >= 0.3 is 0 Å². The van der Waals surface area contributed by atoms with Crippen molar-refractivity contribution in [2.24, 2.45) is 0 Å². The van der Waals surface area contributed by atoms with Gasteiger partial charge in [0.2, 0.25) is 0 Å². The Morgan fingerprint density at radius 3 is 2.67 bits per heavy atom. The molecule has 0 aromatic heterocycles. The van der Waals surface area contributed by atoms with Gasteiger partial charge in [0.15, 0.2) is 6.29 Å². The third-order valence-corrected chi connectivity index (χ3v) is 1.95. The summed E-state index contributed by atoms with van der Waals surface area (Å²) in [5.41, 5.74) is 2.32. The highest BCUT2D eigenvalue weighted by atomic mass is 79.9. The highest BCUT2D eigenvalue weighted by Gasteiger charge is 2.06. The summed E-state index contributed by atoms with van der Waals surface area (Å²) in [6.07, 6.45) is 0.501. The second kappa shape index (κ2) is 3.55. The zero-order chi connectivity index (χ0) is 9.14. The minimum absolute atomic E-state index is 0.112. The van der Waals surface area contributed by atoms with E-state index in [0.717, 1.165) is 0 Å². The summed E-state index contributed by atoms with van der Waals surface area (Å²) in [7, 11) is 0. The molecule has 0 atom stereocenters. The summed E-state index contributed by atoms with van der Waals surface area (Å²) in [5, 5.41) is 17.7. The first-order valence-corrected chi connectivity index (χ1v) is 3.86. The molecule has 0 fully saturated rings. The Hall–Kier alpha value is -1.07. The number of aromatic hydroxyl groups is 1. The number of carbonyl (C=O) groups excluding carboxylic acids is 1. The highest BCUT2D eigenvalue weighted by molar-refractivity contribution is 9.10. The number of halogens is 1. The Kier molecular flexibility index (Phi) is 2.67. The Balaban J connectivity index is 3.28. The Bertz CT molecular complexity index is 314. The van der Waals surface area contributed by atoms with Crippen molar-refractivity contribution in [1.29, 1.82) is 0 Å². The van der Waals surface area contributed by atoms with E-state index in [-0.39, 0.29) is 11.3 Å². The first-order valence-electron chi connectivity index (χ1n) is 3.07. The van der Waals surface area contributed by atoms with Crippen LogP contribution in [0.15, 0.2) is 16.6 Å². The third-order valence-electron chi connectivity index (χ3n) is 1.35. The number of nitrogens with one attached hydrogen (secondary N) is 1. The summed E-state index contributed by atoms with van der Waals surface area (Å²) in [6.45, 7) is 0. The van der Waals surface area contributed by atoms with Gasteiger partial charge < -0.3 is 5.11 Å². The Morgan fingerprint density at radius 2 is 2.17 bits per heavy atom. The lowest BCUT2D eigenvalue weighted by molar-refractivity contribution is 0.112. The van der Waals surface area contributed by atoms with Crippen LogP contribution in [0.4, 0.5) is 5.69 Å². The van der Waals surface area contributed by atoms with E-state index in [9.17, 15) is 9.90 Å². The zero-order valence-corrected chi connectivity index (χ0v) is 7.50. The molecule has 0 bridgehead atoms. The molecule has 1 rings (SSSR count). The SMILES string of the molecule is O=Cc1cc(NO)cc(Br)c1O. The molecule has 0 aliphatic rings. The van der Waals surface area contributed by atoms with E-state index in [0.29, 0.717) is 16.4 Å². The lowest BCUT2D eigenvalue weighted by Crippen LogP contribution is -1.91. The molecule has 0 heterocycles. The maximum absolute atomic E-state index is 10.4. The minimum atomic E-state index is -0.135. The second-order valence-corrected chi connectivity index (χ2v) is 2.98. The lowest BCUT2D eigenvalue weighted by Gasteiger charge is -2.03. The molecule has 12 heavy (non-hydrogen) atoms. The highest BCUT2D eigenvalue weighted by Crippen LogP contribution is 2.30. The third kappa shape index (κ3) is 1.57. The molecule has 0 aliphatic carbocycles. The molecule has 0 radical (unpaired) electrons. The topological polar surface area (TPSA) is 69.6 Å². The van der Waals surface area contributed by atoms with Crippen LogP contribution in [0.25, 0.3) is 0 Å². The zero-order valence-electron chi connectivity index (χ0n) is 5.91. The quantitative estimate of drug-likeness (QED) is 0.413. The second-order valence-electron chi connectivity index (χ2n) is 2.13. The molecule has 1 aromatic carbocycles. The number of aldehydes is 1. The van der Waals surface area contributed by atoms with E-state index in [2.05, 4.69) is 15.9 Å². The van der Waals surface area contributed by atoms with Gasteiger partial charge in [0, 0.05) is 0 Å². The molecule has 64 valence electrons. The van der Waals surface area contributed by atoms with E-state index in [1.807, 2.05) is 5.48 Å². The maximum Gasteiger partial charge on any atom is 0.153 e. The number of benzene rings is 1. The number of hydrogen-bond acceptors (Lipinski definition) is 4. The van der Waals surface area contributed by atoms with Crippen LogP contribution >= 0.6 is 15.9 Å². The van der Waals surface area contributed by atoms with Gasteiger partial charge in [0.25, 0.3) is 0 Å². The fourth-order valence-corrected chi connectivity index (χ4v) is 1.25. The first-order chi connectivity index (χ1) is 5.69. The fraction of sp³-hybridized carbons (Fsp3) is 0. The summed E-state index contributed by atoms with van der Waals surface area (Å²) in [4.78, 5) is 10.4. The van der Waals surface area contributed by atoms with Crippen LogP contribution in [0.3, 0.4) is 0 Å². The van der Waals surface area contributed by atoms with E-state index >= 15 is 0 Å². The fourth-order valence-electron chi connectivity index (χ4n) is 0.775. The van der Waals surface area contributed by atoms with Gasteiger partial charge in [-0.15, -0.1) is 0 Å². The number of rotatable bonds is 2. The molecule has 1 aromatic rings. The molecular formula is C7H6BrNO3. The Morgan fingerprint density at radius 1 is 1.50 bits per heavy atom. The first kappa shape index (κ1) is 9.02. The molecule has 0 saturated carbocycles. The number of phenolic OH excluding ortho intramolecular Hbond substituents is 1. The lowest BCUT2D eigenvalue weighted by atomic mass is 10.2. The van der Waals surface area contributed by atoms with Crippen LogP contribution < -0.4 is 5.48 Å². The van der Waals surface area contributed by atoms with Crippen LogP contribution in [0, 0.1) is 0 Å². The van der Waals surface area contributed by atoms with Gasteiger partial charge in [-0.1, -0.05) is 0 Å². The number of phenols is 1. The summed E-state index contributed by atoms with van der Waals surface area (Å²) in [5.74, 6) is -0.135. The average molecular weight is 232 g/mol. The van der Waals surface area contributed by atoms with Crippen LogP contribution in [0.2, 0.25) is 0 Å². The largest absolute Gasteiger partial charge is 0.506 e. The summed E-state index contributed by atoms with van der Waals surface area (Å²) < 4.78 is 0.351. The van der Waals surface area contributed by atoms with E-state index in [1.165, 1.54) is 12.1 Å². The van der Waals surface area contributed by atoms with E-state index < -0.39 is 0 Å². The molecule has 3 N–H and O–H groups in total. The van der Waals surface area contributed by atoms with Crippen LogP contribution in [0.5, 0.6) is 5.75 Å². The smallest absolute Gasteiger partial charge is 0.153 e. The predicted molar refractivity (Wildman–Crippen MR) is 46.6 cm³/mol. The number of anilines is 1. The standard InChI is InChI=1S/C7H6BrNO3/c8-6-2-5(9-12)1-4(3-10)7(6)11/h1-3,9,11-12H. The van der Waals surface area contributed by atoms with Gasteiger partial charge in [0.05, 0.1) is 15.7 Å². The molecule has 4 nitrogen and oxygen atoms in total. The molecule has 0 amide bonds. The van der Waals surface area contributed by atoms with Gasteiger partial charge in [-0.2, -0.15) is 0 Å². The van der Waals surface area contributed by atoms with Gasteiger partial charge in [-0.25, -0.2) is 0 Å². The van der Waals surface area contributed by atoms with Crippen molar-refractivity contribution < 1.29 is 15.1 Å². The van der Waals surface area contributed by atoms with Crippen LogP contribution in [0.1, 0.15) is 10.4 Å². The number of carbonyl (C=O) groups is 1. The molecule has 0 unspecified atom stereocenters. The van der Waals surface area contributed by atoms with Gasteiger partial charge in [0.1, 0.15) is 5.75 Å². The molecule has 5 heteroatoms. The van der Waals surface area contributed by atoms with Crippen LogP contribution in [-0.4, -0.2) is 16.6 Å². The summed E-state index contributed by atoms with van der Waals surface area (Å²) in [6, 6.07) is 2.77. The predicted octanol–water partition coefficient (Wildman–Crippen LogP) is 1.77. The summed E-state index contributed by atoms with van der Waals surface area (Å²) >= 11 is 3.02. The maximum atomic E-state index is 10.4. The Labute approximate surface area is 76.9 Å². The number of hydrogen-bond donors (Lipinski definition) is 3. The van der Waals surface area contributed by atoms with Crippen molar-refractivity contribution in [3.8, 4) is 5.75 Å². The van der Waals surface area contributed by atoms with Crippen molar-refractivity contribution in [1.82, 2.24) is 0 Å². The normalized spacial score (nSPS) is 9.50. The van der Waals surface area contributed by atoms with Crippen molar-refractivity contribution >= 4 is 27.9 Å². The van der Waals surface area contributed by atoms with Crippen molar-refractivity contribution in [2.45, 2.75) is 0 Å². The molecular weight excluding hydrogens is 226 g/mol. The van der Waals surface area contributed by atoms with Crippen molar-refractivity contribution in [3.05, 3.63) is 22.2 Å². The van der Waals surface area contributed by atoms with Crippen molar-refractivity contribution in [2.75, 3.05) is 5.48 Å². The molecule has 0 spiro atoms. The van der Waals surface area contributed by atoms with E-state index in [4.69, 9.17) is 5.21 Å². The van der Waals surface area contributed by atoms with Crippen molar-refractivity contribution in [3.63, 3.8) is 0 Å². The average Bonchev–Trinajstić information content (AvgIpc) is 2.09. The van der Waals surface area contributed by atoms with Gasteiger partial charge in [-0.3, -0.25) is 15.5 Å². The van der Waals surface area contributed by atoms with Gasteiger partial charge in [-0.05, 0) is 28.1 Å². The molecule has 0 aliphatic heterocycles. The molecule has 0 saturated heterocycles.